The van der Waals surface area contributed by atoms with E-state index in [1.54, 1.807) is 17.1 Å². The molecule has 1 N–H and O–H groups in total. The molecule has 2 aromatic heterocycles. The molecule has 0 radical (unpaired) electrons. The second-order valence-electron chi connectivity index (χ2n) is 4.32. The van der Waals surface area contributed by atoms with Gasteiger partial charge in [-0.2, -0.15) is 5.10 Å². The van der Waals surface area contributed by atoms with E-state index in [1.807, 2.05) is 10.9 Å². The first-order valence-corrected chi connectivity index (χ1v) is 6.35. The Balaban J connectivity index is 2.18. The molecular weight excluding hydrogens is 230 g/mol. The Hall–Kier alpha value is -1.69. The lowest BCUT2D eigenvalue weighted by Gasteiger charge is -2.09. The molecule has 0 fully saturated rings. The second-order valence-corrected chi connectivity index (χ2v) is 4.32. The lowest BCUT2D eigenvalue weighted by molar-refractivity contribution is 0.207. The van der Waals surface area contributed by atoms with Crippen molar-refractivity contribution in [1.82, 2.24) is 24.8 Å². The summed E-state index contributed by atoms with van der Waals surface area (Å²) < 4.78 is 3.58. The van der Waals surface area contributed by atoms with Gasteiger partial charge in [0, 0.05) is 24.8 Å². The molecule has 0 bridgehead atoms. The molecule has 18 heavy (non-hydrogen) atoms. The van der Waals surface area contributed by atoms with Crippen LogP contribution in [0.1, 0.15) is 44.1 Å². The first-order valence-electron chi connectivity index (χ1n) is 6.35. The van der Waals surface area contributed by atoms with Crippen LogP contribution in [0.4, 0.5) is 0 Å². The van der Waals surface area contributed by atoms with Crippen molar-refractivity contribution in [3.63, 3.8) is 0 Å². The maximum Gasteiger partial charge on any atom is 0.125 e. The van der Waals surface area contributed by atoms with E-state index in [1.165, 1.54) is 0 Å². The predicted molar refractivity (Wildman–Crippen MR) is 66.9 cm³/mol. The minimum atomic E-state index is -0.711. The number of aryl methyl sites for hydroxylation is 2. The second kappa shape index (κ2) is 5.77. The van der Waals surface area contributed by atoms with Crippen molar-refractivity contribution < 1.29 is 5.11 Å². The van der Waals surface area contributed by atoms with Crippen molar-refractivity contribution in [1.29, 1.82) is 0 Å². The van der Waals surface area contributed by atoms with Crippen LogP contribution in [0.5, 0.6) is 0 Å². The molecule has 1 unspecified atom stereocenters. The fraction of sp³-hybridized carbons (Fsp3) is 0.583. The molecule has 2 heterocycles. The molecule has 0 aliphatic heterocycles. The first kappa shape index (κ1) is 12.8. The molecule has 0 saturated heterocycles. The van der Waals surface area contributed by atoms with Crippen LogP contribution in [0.15, 0.2) is 18.6 Å². The highest BCUT2D eigenvalue weighted by atomic mass is 16.3. The number of aliphatic hydroxyl groups excluding tert-OH is 1. The Morgan fingerprint density at radius 1 is 1.22 bits per heavy atom. The van der Waals surface area contributed by atoms with Gasteiger partial charge in [0.2, 0.25) is 0 Å². The molecule has 98 valence electrons. The molecule has 0 aromatic carbocycles. The van der Waals surface area contributed by atoms with Crippen molar-refractivity contribution in [2.24, 2.45) is 0 Å². The first-order chi connectivity index (χ1) is 8.76. The Morgan fingerprint density at radius 3 is 2.72 bits per heavy atom. The van der Waals surface area contributed by atoms with Crippen LogP contribution in [-0.4, -0.2) is 29.9 Å². The minimum absolute atomic E-state index is 0.711. The highest BCUT2D eigenvalue weighted by molar-refractivity contribution is 5.19. The summed E-state index contributed by atoms with van der Waals surface area (Å²) in [5.41, 5.74) is 1.50. The smallest absolute Gasteiger partial charge is 0.125 e. The molecule has 0 spiro atoms. The monoisotopic (exact) mass is 249 g/mol. The molecule has 1 atom stereocenters. The molecule has 6 nitrogen and oxygen atoms in total. The summed E-state index contributed by atoms with van der Waals surface area (Å²) in [4.78, 5) is 0. The predicted octanol–water partition coefficient (Wildman–Crippen LogP) is 1.38. The van der Waals surface area contributed by atoms with Gasteiger partial charge in [0.25, 0.3) is 0 Å². The standard InChI is InChI=1S/C12H19N5O/c1-3-5-16-9-10(7-14-16)12(18)11-8-13-15-17(11)6-4-2/h7-9,12,18H,3-6H2,1-2H3. The zero-order valence-electron chi connectivity index (χ0n) is 10.8. The largest absolute Gasteiger partial charge is 0.382 e. The SMILES string of the molecule is CCCn1cc(C(O)c2cnnn2CCC)cn1. The molecule has 2 rings (SSSR count). The van der Waals surface area contributed by atoms with Crippen LogP contribution in [0, 0.1) is 0 Å². The Bertz CT molecular complexity index is 490. The van der Waals surface area contributed by atoms with Crippen LogP contribution < -0.4 is 0 Å². The summed E-state index contributed by atoms with van der Waals surface area (Å²) in [6.45, 7) is 5.78. The van der Waals surface area contributed by atoms with E-state index in [0.717, 1.165) is 31.5 Å². The number of aromatic nitrogens is 5. The molecule has 0 aliphatic rings. The summed E-state index contributed by atoms with van der Waals surface area (Å²) >= 11 is 0. The van der Waals surface area contributed by atoms with Gasteiger partial charge < -0.3 is 5.11 Å². The normalized spacial score (nSPS) is 12.8. The van der Waals surface area contributed by atoms with E-state index in [9.17, 15) is 5.11 Å². The molecular formula is C12H19N5O. The Morgan fingerprint density at radius 2 is 2.00 bits per heavy atom. The van der Waals surface area contributed by atoms with Crippen LogP contribution in [0.25, 0.3) is 0 Å². The third-order valence-electron chi connectivity index (χ3n) is 2.78. The molecule has 0 aliphatic carbocycles. The minimum Gasteiger partial charge on any atom is -0.382 e. The summed E-state index contributed by atoms with van der Waals surface area (Å²) in [6.07, 6.45) is 6.45. The zero-order valence-corrected chi connectivity index (χ0v) is 10.8. The third kappa shape index (κ3) is 2.59. The molecule has 2 aromatic rings. The third-order valence-corrected chi connectivity index (χ3v) is 2.78. The van der Waals surface area contributed by atoms with E-state index in [4.69, 9.17) is 0 Å². The van der Waals surface area contributed by atoms with Crippen molar-refractivity contribution in [3.05, 3.63) is 29.8 Å². The van der Waals surface area contributed by atoms with Gasteiger partial charge in [0.1, 0.15) is 6.10 Å². The van der Waals surface area contributed by atoms with Crippen LogP contribution in [-0.2, 0) is 13.1 Å². The van der Waals surface area contributed by atoms with E-state index >= 15 is 0 Å². The highest BCUT2D eigenvalue weighted by Crippen LogP contribution is 2.20. The van der Waals surface area contributed by atoms with Crippen LogP contribution in [0.2, 0.25) is 0 Å². The van der Waals surface area contributed by atoms with Gasteiger partial charge in [-0.3, -0.25) is 4.68 Å². The topological polar surface area (TPSA) is 68.8 Å². The van der Waals surface area contributed by atoms with Gasteiger partial charge in [-0.15, -0.1) is 5.10 Å². The van der Waals surface area contributed by atoms with Crippen molar-refractivity contribution in [2.45, 2.75) is 45.9 Å². The summed E-state index contributed by atoms with van der Waals surface area (Å²) in [5, 5.41) is 22.4. The lowest BCUT2D eigenvalue weighted by atomic mass is 10.1. The van der Waals surface area contributed by atoms with E-state index in [0.29, 0.717) is 5.69 Å². The Kier molecular flexibility index (Phi) is 4.09. The summed E-state index contributed by atoms with van der Waals surface area (Å²) in [6, 6.07) is 0. The average Bonchev–Trinajstić information content (AvgIpc) is 2.98. The van der Waals surface area contributed by atoms with Crippen molar-refractivity contribution in [3.8, 4) is 0 Å². The number of nitrogens with zero attached hydrogens (tertiary/aromatic N) is 5. The van der Waals surface area contributed by atoms with Gasteiger partial charge in [0.05, 0.1) is 18.1 Å². The summed E-state index contributed by atoms with van der Waals surface area (Å²) in [5.74, 6) is 0. The quantitative estimate of drug-likeness (QED) is 0.839. The van der Waals surface area contributed by atoms with Crippen LogP contribution in [0.3, 0.4) is 0 Å². The summed E-state index contributed by atoms with van der Waals surface area (Å²) in [7, 11) is 0. The van der Waals surface area contributed by atoms with Gasteiger partial charge in [-0.25, -0.2) is 4.68 Å². The highest BCUT2D eigenvalue weighted by Gasteiger charge is 2.17. The van der Waals surface area contributed by atoms with E-state index < -0.39 is 6.10 Å². The van der Waals surface area contributed by atoms with E-state index in [2.05, 4.69) is 29.3 Å². The fourth-order valence-corrected chi connectivity index (χ4v) is 1.91. The van der Waals surface area contributed by atoms with Gasteiger partial charge in [-0.05, 0) is 12.8 Å². The van der Waals surface area contributed by atoms with Crippen molar-refractivity contribution in [2.75, 3.05) is 0 Å². The van der Waals surface area contributed by atoms with Crippen molar-refractivity contribution >= 4 is 0 Å². The van der Waals surface area contributed by atoms with Gasteiger partial charge in [-0.1, -0.05) is 19.1 Å². The van der Waals surface area contributed by atoms with E-state index in [-0.39, 0.29) is 0 Å². The number of hydrogen-bond donors (Lipinski definition) is 1. The molecule has 6 heteroatoms. The van der Waals surface area contributed by atoms with Gasteiger partial charge in [0.15, 0.2) is 0 Å². The lowest BCUT2D eigenvalue weighted by Crippen LogP contribution is -2.09. The fourth-order valence-electron chi connectivity index (χ4n) is 1.91. The molecule has 0 saturated carbocycles. The number of rotatable bonds is 6. The zero-order chi connectivity index (χ0) is 13.0. The number of hydrogen-bond acceptors (Lipinski definition) is 4. The maximum absolute atomic E-state index is 10.3. The van der Waals surface area contributed by atoms with Gasteiger partial charge >= 0.3 is 0 Å². The maximum atomic E-state index is 10.3. The van der Waals surface area contributed by atoms with Crippen LogP contribution >= 0.6 is 0 Å². The number of aliphatic hydroxyl groups is 1. The Labute approximate surface area is 106 Å². The average molecular weight is 249 g/mol. The molecule has 0 amide bonds.